The van der Waals surface area contributed by atoms with Gasteiger partial charge in [-0.05, 0) is 55.5 Å². The van der Waals surface area contributed by atoms with Gasteiger partial charge in [-0.15, -0.1) is 0 Å². The van der Waals surface area contributed by atoms with E-state index in [1.807, 2.05) is 37.3 Å². The van der Waals surface area contributed by atoms with E-state index in [2.05, 4.69) is 0 Å². The zero-order valence-electron chi connectivity index (χ0n) is 14.1. The van der Waals surface area contributed by atoms with Crippen molar-refractivity contribution in [2.45, 2.75) is 11.8 Å². The number of sulfonamides is 1. The van der Waals surface area contributed by atoms with Crippen LogP contribution in [0.3, 0.4) is 0 Å². The molecule has 0 aliphatic rings. The second-order valence-corrected chi connectivity index (χ2v) is 7.66. The van der Waals surface area contributed by atoms with Gasteiger partial charge < -0.3 is 4.74 Å². The van der Waals surface area contributed by atoms with Crippen molar-refractivity contribution in [2.75, 3.05) is 11.4 Å². The Bertz CT molecular complexity index is 934. The van der Waals surface area contributed by atoms with E-state index in [4.69, 9.17) is 4.74 Å². The van der Waals surface area contributed by atoms with Crippen LogP contribution in [0.2, 0.25) is 0 Å². The number of ether oxygens (including phenoxy) is 1. The molecule has 0 spiro atoms. The highest BCUT2D eigenvalue weighted by atomic mass is 32.2. The molecule has 0 N–H and O–H groups in total. The number of rotatable bonds is 5. The van der Waals surface area contributed by atoms with Crippen LogP contribution >= 0.6 is 0 Å². The van der Waals surface area contributed by atoms with E-state index in [1.54, 1.807) is 55.6 Å². The van der Waals surface area contributed by atoms with Gasteiger partial charge >= 0.3 is 0 Å². The molecule has 0 fully saturated rings. The summed E-state index contributed by atoms with van der Waals surface area (Å²) in [5.74, 6) is 1.38. The lowest BCUT2D eigenvalue weighted by Gasteiger charge is -2.20. The van der Waals surface area contributed by atoms with Gasteiger partial charge in [0.05, 0.1) is 10.6 Å². The van der Waals surface area contributed by atoms with E-state index in [0.29, 0.717) is 11.4 Å². The first-order chi connectivity index (χ1) is 12.0. The summed E-state index contributed by atoms with van der Waals surface area (Å²) in [5, 5.41) is 0. The minimum Gasteiger partial charge on any atom is -0.457 e. The molecule has 3 aromatic carbocycles. The van der Waals surface area contributed by atoms with Gasteiger partial charge in [-0.2, -0.15) is 0 Å². The largest absolute Gasteiger partial charge is 0.457 e. The molecule has 128 valence electrons. The summed E-state index contributed by atoms with van der Waals surface area (Å²) >= 11 is 0. The number of hydrogen-bond donors (Lipinski definition) is 0. The number of aryl methyl sites for hydroxylation is 1. The predicted octanol–water partition coefficient (Wildman–Crippen LogP) is 4.61. The van der Waals surface area contributed by atoms with Crippen molar-refractivity contribution < 1.29 is 13.2 Å². The number of benzene rings is 3. The summed E-state index contributed by atoms with van der Waals surface area (Å²) in [5.41, 5.74) is 1.59. The predicted molar refractivity (Wildman–Crippen MR) is 99.7 cm³/mol. The highest BCUT2D eigenvalue weighted by Gasteiger charge is 2.21. The Hall–Kier alpha value is -2.79. The maximum absolute atomic E-state index is 12.7. The molecule has 0 aromatic heterocycles. The first kappa shape index (κ1) is 17.0. The maximum Gasteiger partial charge on any atom is 0.264 e. The Kier molecular flexibility index (Phi) is 4.76. The summed E-state index contributed by atoms with van der Waals surface area (Å²) in [6.45, 7) is 1.92. The van der Waals surface area contributed by atoms with Crippen LogP contribution < -0.4 is 9.04 Å². The first-order valence-corrected chi connectivity index (χ1v) is 9.29. The number of para-hydroxylation sites is 1. The molecule has 0 saturated carbocycles. The van der Waals surface area contributed by atoms with Gasteiger partial charge in [-0.1, -0.05) is 35.9 Å². The lowest BCUT2D eigenvalue weighted by molar-refractivity contribution is 0.482. The molecule has 0 bridgehead atoms. The summed E-state index contributed by atoms with van der Waals surface area (Å²) < 4.78 is 32.4. The SMILES string of the molecule is Cc1ccc(S(=O)(=O)N(C)c2ccc(Oc3ccccc3)cc2)cc1. The Morgan fingerprint density at radius 1 is 0.760 bits per heavy atom. The third-order valence-corrected chi connectivity index (χ3v) is 5.66. The summed E-state index contributed by atoms with van der Waals surface area (Å²) in [4.78, 5) is 0.269. The third kappa shape index (κ3) is 3.83. The summed E-state index contributed by atoms with van der Waals surface area (Å²) in [7, 11) is -2.04. The van der Waals surface area contributed by atoms with Crippen molar-refractivity contribution in [1.82, 2.24) is 0 Å². The molecule has 0 atom stereocenters. The fourth-order valence-corrected chi connectivity index (χ4v) is 3.55. The lowest BCUT2D eigenvalue weighted by Crippen LogP contribution is -2.26. The van der Waals surface area contributed by atoms with Crippen molar-refractivity contribution in [1.29, 1.82) is 0 Å². The van der Waals surface area contributed by atoms with Crippen molar-refractivity contribution >= 4 is 15.7 Å². The normalized spacial score (nSPS) is 11.1. The van der Waals surface area contributed by atoms with Gasteiger partial charge in [-0.25, -0.2) is 8.42 Å². The fraction of sp³-hybridized carbons (Fsp3) is 0.100. The minimum atomic E-state index is -3.59. The molecular weight excluding hydrogens is 334 g/mol. The molecule has 0 saturated heterocycles. The van der Waals surface area contributed by atoms with E-state index in [0.717, 1.165) is 11.3 Å². The zero-order chi connectivity index (χ0) is 17.9. The maximum atomic E-state index is 12.7. The highest BCUT2D eigenvalue weighted by molar-refractivity contribution is 7.92. The molecule has 3 rings (SSSR count). The average Bonchev–Trinajstić information content (AvgIpc) is 2.63. The van der Waals surface area contributed by atoms with E-state index in [1.165, 1.54) is 4.31 Å². The fourth-order valence-electron chi connectivity index (χ4n) is 2.36. The molecule has 0 amide bonds. The number of anilines is 1. The molecule has 0 aliphatic heterocycles. The Labute approximate surface area is 148 Å². The molecule has 25 heavy (non-hydrogen) atoms. The van der Waals surface area contributed by atoms with Crippen molar-refractivity contribution in [3.05, 3.63) is 84.4 Å². The van der Waals surface area contributed by atoms with E-state index in [9.17, 15) is 8.42 Å². The van der Waals surface area contributed by atoms with Crippen LogP contribution in [0.15, 0.2) is 83.8 Å². The zero-order valence-corrected chi connectivity index (χ0v) is 14.9. The average molecular weight is 353 g/mol. The van der Waals surface area contributed by atoms with E-state index in [-0.39, 0.29) is 4.90 Å². The van der Waals surface area contributed by atoms with Crippen LogP contribution in [0.1, 0.15) is 5.56 Å². The van der Waals surface area contributed by atoms with Crippen LogP contribution in [0.4, 0.5) is 5.69 Å². The van der Waals surface area contributed by atoms with Gasteiger partial charge in [0.25, 0.3) is 10.0 Å². The molecule has 0 heterocycles. The number of nitrogens with zero attached hydrogens (tertiary/aromatic N) is 1. The Morgan fingerprint density at radius 3 is 1.92 bits per heavy atom. The number of hydrogen-bond acceptors (Lipinski definition) is 3. The van der Waals surface area contributed by atoms with Crippen LogP contribution in [0.5, 0.6) is 11.5 Å². The van der Waals surface area contributed by atoms with Gasteiger partial charge in [0.1, 0.15) is 11.5 Å². The topological polar surface area (TPSA) is 46.6 Å². The summed E-state index contributed by atoms with van der Waals surface area (Å²) in [6, 6.07) is 23.2. The van der Waals surface area contributed by atoms with Crippen molar-refractivity contribution in [3.63, 3.8) is 0 Å². The molecule has 3 aromatic rings. The standard InChI is InChI=1S/C20H19NO3S/c1-16-8-14-20(15-9-16)25(22,23)21(2)17-10-12-19(13-11-17)24-18-6-4-3-5-7-18/h3-15H,1-2H3. The minimum absolute atomic E-state index is 0.269. The second-order valence-electron chi connectivity index (χ2n) is 5.69. The second kappa shape index (κ2) is 6.99. The molecule has 0 aliphatic carbocycles. The lowest BCUT2D eigenvalue weighted by atomic mass is 10.2. The van der Waals surface area contributed by atoms with Crippen molar-refractivity contribution in [3.8, 4) is 11.5 Å². The summed E-state index contributed by atoms with van der Waals surface area (Å²) in [6.07, 6.45) is 0. The highest BCUT2D eigenvalue weighted by Crippen LogP contribution is 2.27. The monoisotopic (exact) mass is 353 g/mol. The van der Waals surface area contributed by atoms with Crippen LogP contribution in [-0.4, -0.2) is 15.5 Å². The third-order valence-electron chi connectivity index (χ3n) is 3.86. The quantitative estimate of drug-likeness (QED) is 0.673. The Morgan fingerprint density at radius 2 is 1.32 bits per heavy atom. The van der Waals surface area contributed by atoms with Crippen LogP contribution in [-0.2, 0) is 10.0 Å². The van der Waals surface area contributed by atoms with E-state index >= 15 is 0 Å². The first-order valence-electron chi connectivity index (χ1n) is 7.85. The van der Waals surface area contributed by atoms with Crippen LogP contribution in [0, 0.1) is 6.92 Å². The van der Waals surface area contributed by atoms with E-state index < -0.39 is 10.0 Å². The Balaban J connectivity index is 1.80. The van der Waals surface area contributed by atoms with Crippen LogP contribution in [0.25, 0.3) is 0 Å². The van der Waals surface area contributed by atoms with Gasteiger partial charge in [0.15, 0.2) is 0 Å². The molecular formula is C20H19NO3S. The van der Waals surface area contributed by atoms with Gasteiger partial charge in [0, 0.05) is 7.05 Å². The molecule has 5 heteroatoms. The van der Waals surface area contributed by atoms with Crippen molar-refractivity contribution in [2.24, 2.45) is 0 Å². The smallest absolute Gasteiger partial charge is 0.264 e. The van der Waals surface area contributed by atoms with Gasteiger partial charge in [0.2, 0.25) is 0 Å². The van der Waals surface area contributed by atoms with Gasteiger partial charge in [-0.3, -0.25) is 4.31 Å². The molecule has 0 unspecified atom stereocenters. The molecule has 0 radical (unpaired) electrons. The molecule has 4 nitrogen and oxygen atoms in total.